The summed E-state index contributed by atoms with van der Waals surface area (Å²) in [4.78, 5) is 24.1. The molecule has 176 valence electrons. The van der Waals surface area contributed by atoms with Crippen LogP contribution in [0.25, 0.3) is 0 Å². The summed E-state index contributed by atoms with van der Waals surface area (Å²) in [5.74, 6) is 1.53. The van der Waals surface area contributed by atoms with Crippen LogP contribution in [0, 0.1) is 18.3 Å². The number of nitrogens with two attached hydrogens (primary N) is 1. The Kier molecular flexibility index (Phi) is 8.40. The van der Waals surface area contributed by atoms with Gasteiger partial charge in [0, 0.05) is 17.6 Å². The number of carbonyl (C=O) groups is 1. The van der Waals surface area contributed by atoms with Gasteiger partial charge in [-0.05, 0) is 76.1 Å². The topological polar surface area (TPSA) is 108 Å². The molecule has 7 nitrogen and oxygen atoms in total. The first-order valence-corrected chi connectivity index (χ1v) is 12.1. The number of amides is 1. The van der Waals surface area contributed by atoms with Crippen LogP contribution in [0.2, 0.25) is 0 Å². The first kappa shape index (κ1) is 24.7. The van der Waals surface area contributed by atoms with E-state index in [9.17, 15) is 4.79 Å². The summed E-state index contributed by atoms with van der Waals surface area (Å²) in [7, 11) is 1.50. The summed E-state index contributed by atoms with van der Waals surface area (Å²) in [6.45, 7) is 5.82. The summed E-state index contributed by atoms with van der Waals surface area (Å²) >= 11 is 0. The highest BCUT2D eigenvalue weighted by molar-refractivity contribution is 5.94. The molecule has 3 N–H and O–H groups in total. The molecule has 0 radical (unpaired) electrons. The number of nitrogens with zero attached hydrogens (tertiary/aromatic N) is 4. The van der Waals surface area contributed by atoms with Crippen molar-refractivity contribution in [2.75, 3.05) is 11.9 Å². The number of rotatable bonds is 4. The first-order chi connectivity index (χ1) is 16.1. The molecule has 3 unspecified atom stereocenters. The van der Waals surface area contributed by atoms with Gasteiger partial charge in [-0.3, -0.25) is 4.79 Å². The van der Waals surface area contributed by atoms with Gasteiger partial charge in [-0.15, -0.1) is 0 Å². The summed E-state index contributed by atoms with van der Waals surface area (Å²) in [6, 6.07) is 11.0. The van der Waals surface area contributed by atoms with Crippen LogP contribution in [-0.4, -0.2) is 41.0 Å². The lowest BCUT2D eigenvalue weighted by Crippen LogP contribution is -2.55. The number of nitriles is 1. The number of carbonyl (C=O) groups excluding carboxylic acids is 1. The molecule has 2 saturated heterocycles. The second-order valence-corrected chi connectivity index (χ2v) is 8.53. The van der Waals surface area contributed by atoms with Crippen LogP contribution >= 0.6 is 0 Å². The summed E-state index contributed by atoms with van der Waals surface area (Å²) in [5.41, 5.74) is 7.61. The molecule has 3 fully saturated rings. The second-order valence-electron chi connectivity index (χ2n) is 8.53. The monoisotopic (exact) mass is 448 g/mol. The van der Waals surface area contributed by atoms with Crippen molar-refractivity contribution in [3.63, 3.8) is 0 Å². The Morgan fingerprint density at radius 1 is 1.09 bits per heavy atom. The molecule has 2 bridgehead atoms. The Bertz CT molecular complexity index is 979. The zero-order chi connectivity index (χ0) is 24.0. The summed E-state index contributed by atoms with van der Waals surface area (Å²) in [5, 5.41) is 12.4. The quantitative estimate of drug-likeness (QED) is 0.730. The van der Waals surface area contributed by atoms with E-state index in [0.717, 1.165) is 37.1 Å². The minimum atomic E-state index is 0.00439. The number of anilines is 1. The van der Waals surface area contributed by atoms with Crippen molar-refractivity contribution in [2.24, 2.45) is 5.73 Å². The number of aromatic nitrogens is 2. The molecule has 1 aromatic carbocycles. The number of hydrogen-bond donors (Lipinski definition) is 2. The molecule has 2 aromatic rings. The number of hydrogen-bond acceptors (Lipinski definition) is 6. The predicted molar refractivity (Wildman–Crippen MR) is 131 cm³/mol. The highest BCUT2D eigenvalue weighted by atomic mass is 16.1. The Hall–Kier alpha value is -2.98. The van der Waals surface area contributed by atoms with Gasteiger partial charge in [-0.2, -0.15) is 5.26 Å². The molecule has 3 aliphatic rings. The van der Waals surface area contributed by atoms with Crippen LogP contribution in [0.1, 0.15) is 85.6 Å². The van der Waals surface area contributed by atoms with E-state index in [-0.39, 0.29) is 18.0 Å². The van der Waals surface area contributed by atoms with E-state index in [1.165, 1.54) is 25.5 Å². The van der Waals surface area contributed by atoms with Gasteiger partial charge in [0.1, 0.15) is 11.9 Å². The molecule has 33 heavy (non-hydrogen) atoms. The third-order valence-electron chi connectivity index (χ3n) is 6.66. The molecule has 1 amide bonds. The fourth-order valence-electron chi connectivity index (χ4n) is 4.96. The Morgan fingerprint density at radius 3 is 2.36 bits per heavy atom. The van der Waals surface area contributed by atoms with E-state index in [1.54, 1.807) is 6.20 Å². The molecule has 3 atom stereocenters. The summed E-state index contributed by atoms with van der Waals surface area (Å²) < 4.78 is 0. The maximum absolute atomic E-state index is 12.9. The highest BCUT2D eigenvalue weighted by Gasteiger charge is 2.43. The van der Waals surface area contributed by atoms with Gasteiger partial charge in [0.25, 0.3) is 5.91 Å². The van der Waals surface area contributed by atoms with Crippen LogP contribution in [0.5, 0.6) is 0 Å². The van der Waals surface area contributed by atoms with Crippen molar-refractivity contribution in [2.45, 2.75) is 83.3 Å². The molecular weight excluding hydrogens is 412 g/mol. The van der Waals surface area contributed by atoms with Crippen LogP contribution in [0.3, 0.4) is 0 Å². The van der Waals surface area contributed by atoms with Crippen molar-refractivity contribution in [1.82, 2.24) is 15.3 Å². The fourth-order valence-corrected chi connectivity index (χ4v) is 4.96. The third-order valence-corrected chi connectivity index (χ3v) is 6.66. The largest absolute Gasteiger partial charge is 0.347 e. The highest BCUT2D eigenvalue weighted by Crippen LogP contribution is 2.40. The van der Waals surface area contributed by atoms with Gasteiger partial charge in [0.05, 0.1) is 17.9 Å². The first-order valence-electron chi connectivity index (χ1n) is 12.1. The number of fused-ring (bicyclic) bond motifs is 2. The molecule has 7 heteroatoms. The zero-order valence-electron chi connectivity index (χ0n) is 20.2. The van der Waals surface area contributed by atoms with Crippen molar-refractivity contribution < 1.29 is 4.79 Å². The van der Waals surface area contributed by atoms with E-state index in [2.05, 4.69) is 44.1 Å². The average molecular weight is 449 g/mol. The lowest BCUT2D eigenvalue weighted by Gasteiger charge is -2.41. The van der Waals surface area contributed by atoms with Gasteiger partial charge in [-0.1, -0.05) is 26.0 Å². The fraction of sp³-hybridized carbons (Fsp3) is 0.538. The normalized spacial score (nSPS) is 22.8. The zero-order valence-corrected chi connectivity index (χ0v) is 20.2. The number of benzene rings is 1. The number of nitrogens with one attached hydrogen (secondary N) is 1. The number of piperidine rings is 1. The van der Waals surface area contributed by atoms with Crippen molar-refractivity contribution in [1.29, 1.82) is 5.26 Å². The minimum absolute atomic E-state index is 0.00439. The average Bonchev–Trinajstić information content (AvgIpc) is 3.66. The molecule has 3 heterocycles. The van der Waals surface area contributed by atoms with E-state index in [1.807, 2.05) is 32.9 Å². The van der Waals surface area contributed by atoms with Crippen molar-refractivity contribution in [3.8, 4) is 6.07 Å². The van der Waals surface area contributed by atoms with E-state index < -0.39 is 0 Å². The van der Waals surface area contributed by atoms with Crippen LogP contribution in [0.15, 0.2) is 30.5 Å². The van der Waals surface area contributed by atoms with Gasteiger partial charge in [0.2, 0.25) is 0 Å². The molecule has 2 aliphatic heterocycles. The third kappa shape index (κ3) is 5.33. The van der Waals surface area contributed by atoms with E-state index in [4.69, 9.17) is 5.26 Å². The standard InChI is InChI=1S/C23H25N5O.C2H6.CH5N/c1-14-20(12-24)25-13-22(26-14)28-18-8-10-19(21(28)11-9-18)27-23(29)17-6-4-16(5-7-17)15-2-3-15;2*1-2/h4-7,13,15,18-19,21H,2-3,8-11H2,1H3,(H,27,29);1-2H3;2H2,1H3. The Labute approximate surface area is 197 Å². The molecule has 1 aliphatic carbocycles. The Morgan fingerprint density at radius 2 is 1.76 bits per heavy atom. The van der Waals surface area contributed by atoms with Crippen molar-refractivity contribution >= 4 is 11.7 Å². The lowest BCUT2D eigenvalue weighted by atomic mass is 9.96. The smallest absolute Gasteiger partial charge is 0.251 e. The SMILES string of the molecule is CC.CN.Cc1nc(N2C3CCC(NC(=O)c4ccc(C5CC5)cc4)C2CC3)cnc1C#N. The van der Waals surface area contributed by atoms with Crippen LogP contribution in [0.4, 0.5) is 5.82 Å². The van der Waals surface area contributed by atoms with Gasteiger partial charge in [0.15, 0.2) is 5.69 Å². The van der Waals surface area contributed by atoms with Crippen LogP contribution < -0.4 is 16.0 Å². The van der Waals surface area contributed by atoms with Crippen LogP contribution in [-0.2, 0) is 0 Å². The summed E-state index contributed by atoms with van der Waals surface area (Å²) in [6.07, 6.45) is 8.40. The van der Waals surface area contributed by atoms with Gasteiger partial charge < -0.3 is 16.0 Å². The lowest BCUT2D eigenvalue weighted by molar-refractivity contribution is 0.0924. The van der Waals surface area contributed by atoms with Gasteiger partial charge >= 0.3 is 0 Å². The van der Waals surface area contributed by atoms with E-state index >= 15 is 0 Å². The maximum atomic E-state index is 12.9. The number of aryl methyl sites for hydroxylation is 1. The Balaban J connectivity index is 0.000000728. The maximum Gasteiger partial charge on any atom is 0.251 e. The molecule has 1 aromatic heterocycles. The second kappa shape index (κ2) is 11.2. The molecule has 5 rings (SSSR count). The predicted octanol–water partition coefficient (Wildman–Crippen LogP) is 4.07. The molecule has 0 spiro atoms. The van der Waals surface area contributed by atoms with Crippen molar-refractivity contribution in [3.05, 3.63) is 53.0 Å². The van der Waals surface area contributed by atoms with E-state index in [0.29, 0.717) is 23.3 Å². The van der Waals surface area contributed by atoms with Gasteiger partial charge in [-0.25, -0.2) is 9.97 Å². The minimum Gasteiger partial charge on any atom is -0.347 e. The molecular formula is C26H36N6O. The molecule has 1 saturated carbocycles.